The lowest BCUT2D eigenvalue weighted by molar-refractivity contribution is 0.0690. The highest BCUT2D eigenvalue weighted by molar-refractivity contribution is 8.00. The molecule has 0 atom stereocenters. The van der Waals surface area contributed by atoms with Crippen molar-refractivity contribution in [3.63, 3.8) is 0 Å². The molecule has 0 aliphatic heterocycles. The molecule has 21 heavy (non-hydrogen) atoms. The Balaban J connectivity index is 2.34. The Morgan fingerprint density at radius 1 is 1.43 bits per heavy atom. The molecule has 2 rings (SSSR count). The molecule has 2 aromatic heterocycles. The quantitative estimate of drug-likeness (QED) is 0.821. The second kappa shape index (κ2) is 6.39. The van der Waals surface area contributed by atoms with Gasteiger partial charge in [-0.1, -0.05) is 19.9 Å². The molecule has 0 fully saturated rings. The van der Waals surface area contributed by atoms with Crippen molar-refractivity contribution in [3.05, 3.63) is 30.1 Å². The summed E-state index contributed by atoms with van der Waals surface area (Å²) in [7, 11) is 0. The Labute approximate surface area is 128 Å². The average molecular weight is 307 g/mol. The van der Waals surface area contributed by atoms with Crippen LogP contribution in [0.15, 0.2) is 24.4 Å². The lowest BCUT2D eigenvalue weighted by Crippen LogP contribution is -2.32. The summed E-state index contributed by atoms with van der Waals surface area (Å²) in [5.74, 6) is -0.534. The molecule has 0 saturated carbocycles. The van der Waals surface area contributed by atoms with E-state index in [0.29, 0.717) is 18.0 Å². The summed E-state index contributed by atoms with van der Waals surface area (Å²) in [6.45, 7) is 5.01. The maximum atomic E-state index is 11.5. The fourth-order valence-electron chi connectivity index (χ4n) is 2.43. The highest BCUT2D eigenvalue weighted by atomic mass is 32.2. The number of aromatic nitrogens is 2. The zero-order valence-corrected chi connectivity index (χ0v) is 13.4. The van der Waals surface area contributed by atoms with Crippen LogP contribution in [0.1, 0.15) is 37.2 Å². The second-order valence-corrected chi connectivity index (χ2v) is 6.27. The third-order valence-electron chi connectivity index (χ3n) is 4.03. The van der Waals surface area contributed by atoms with E-state index < -0.39 is 5.97 Å². The number of fused-ring (bicyclic) bond motifs is 1. The fraction of sp³-hybridized carbons (Fsp3) is 0.467. The number of aromatic carboxylic acids is 1. The third-order valence-corrected chi connectivity index (χ3v) is 5.62. The number of hydrogen-bond donors (Lipinski definition) is 2. The predicted molar refractivity (Wildman–Crippen MR) is 87.5 cm³/mol. The number of imidazole rings is 1. The Bertz CT molecular complexity index is 627. The van der Waals surface area contributed by atoms with Crippen molar-refractivity contribution in [2.75, 3.05) is 18.1 Å². The molecular weight excluding hydrogens is 286 g/mol. The molecule has 0 unspecified atom stereocenters. The molecule has 2 heterocycles. The molecule has 0 amide bonds. The zero-order chi connectivity index (χ0) is 15.5. The van der Waals surface area contributed by atoms with Gasteiger partial charge in [-0.3, -0.25) is 4.40 Å². The number of nitrogens with one attached hydrogen (secondary N) is 1. The summed E-state index contributed by atoms with van der Waals surface area (Å²) in [6, 6.07) is 5.45. The smallest absolute Gasteiger partial charge is 0.356 e. The van der Waals surface area contributed by atoms with E-state index in [-0.39, 0.29) is 10.4 Å². The Kier molecular flexibility index (Phi) is 4.77. The lowest BCUT2D eigenvalue weighted by atomic mass is 10.0. The van der Waals surface area contributed by atoms with Gasteiger partial charge in [0.25, 0.3) is 0 Å². The molecule has 0 bridgehead atoms. The number of pyridine rings is 1. The number of carboxylic acid groups (broad SMARTS) is 1. The van der Waals surface area contributed by atoms with E-state index in [4.69, 9.17) is 0 Å². The minimum atomic E-state index is -0.973. The fourth-order valence-corrected chi connectivity index (χ4v) is 3.22. The van der Waals surface area contributed by atoms with Crippen LogP contribution >= 0.6 is 11.8 Å². The number of anilines is 1. The summed E-state index contributed by atoms with van der Waals surface area (Å²) < 4.78 is 1.70. The monoisotopic (exact) mass is 307 g/mol. The molecule has 2 aromatic rings. The minimum absolute atomic E-state index is 0.103. The number of rotatable bonds is 7. The summed E-state index contributed by atoms with van der Waals surface area (Å²) in [6.07, 6.45) is 5.86. The molecular formula is C15H21N3O2S. The van der Waals surface area contributed by atoms with Crippen molar-refractivity contribution in [3.8, 4) is 0 Å². The van der Waals surface area contributed by atoms with Crippen molar-refractivity contribution in [2.24, 2.45) is 0 Å². The van der Waals surface area contributed by atoms with Crippen molar-refractivity contribution >= 4 is 29.2 Å². The van der Waals surface area contributed by atoms with E-state index in [0.717, 1.165) is 12.8 Å². The molecule has 0 aliphatic carbocycles. The highest BCUT2D eigenvalue weighted by Gasteiger charge is 2.26. The zero-order valence-electron chi connectivity index (χ0n) is 12.6. The first-order valence-electron chi connectivity index (χ1n) is 7.06. The first-order valence-corrected chi connectivity index (χ1v) is 8.28. The van der Waals surface area contributed by atoms with Crippen LogP contribution in [-0.2, 0) is 0 Å². The van der Waals surface area contributed by atoms with Gasteiger partial charge in [0.2, 0.25) is 0 Å². The number of carboxylic acids is 1. The van der Waals surface area contributed by atoms with E-state index >= 15 is 0 Å². The van der Waals surface area contributed by atoms with E-state index in [2.05, 4.69) is 30.4 Å². The molecule has 5 nitrogen and oxygen atoms in total. The number of thioether (sulfide) groups is 1. The molecule has 0 aliphatic rings. The molecule has 0 radical (unpaired) electrons. The lowest BCUT2D eigenvalue weighted by Gasteiger charge is -2.29. The molecule has 0 aromatic carbocycles. The maximum absolute atomic E-state index is 11.5. The van der Waals surface area contributed by atoms with Gasteiger partial charge in [-0.05, 0) is 31.2 Å². The van der Waals surface area contributed by atoms with Crippen LogP contribution in [0.3, 0.4) is 0 Å². The van der Waals surface area contributed by atoms with Gasteiger partial charge >= 0.3 is 5.97 Å². The van der Waals surface area contributed by atoms with Crippen LogP contribution in [0.2, 0.25) is 0 Å². The van der Waals surface area contributed by atoms with E-state index in [9.17, 15) is 9.90 Å². The van der Waals surface area contributed by atoms with Gasteiger partial charge < -0.3 is 10.4 Å². The first kappa shape index (κ1) is 15.7. The van der Waals surface area contributed by atoms with Crippen molar-refractivity contribution in [1.29, 1.82) is 0 Å². The van der Waals surface area contributed by atoms with Gasteiger partial charge in [-0.25, -0.2) is 9.78 Å². The molecule has 6 heteroatoms. The van der Waals surface area contributed by atoms with Gasteiger partial charge in [-0.15, -0.1) is 0 Å². The summed E-state index contributed by atoms with van der Waals surface area (Å²) in [5, 5.41) is 12.7. The van der Waals surface area contributed by atoms with Crippen LogP contribution in [0.4, 0.5) is 5.82 Å². The molecule has 2 N–H and O–H groups in total. The SMILES string of the molecule is CCC(CC)(CNc1nc2ccccn2c1C(=O)O)SC. The number of hydrogen-bond acceptors (Lipinski definition) is 4. The van der Waals surface area contributed by atoms with Crippen molar-refractivity contribution in [2.45, 2.75) is 31.4 Å². The van der Waals surface area contributed by atoms with Gasteiger partial charge in [0.05, 0.1) is 0 Å². The standard InChI is InChI=1S/C15H21N3O2S/c1-4-15(5-2,21-3)10-16-13-12(14(19)20)18-9-7-6-8-11(18)17-13/h6-9,16H,4-5,10H2,1-3H3,(H,19,20). The van der Waals surface area contributed by atoms with Crippen LogP contribution in [0, 0.1) is 0 Å². The minimum Gasteiger partial charge on any atom is -0.476 e. The van der Waals surface area contributed by atoms with Gasteiger partial charge in [0, 0.05) is 17.5 Å². The Hall–Kier alpha value is -1.69. The normalized spacial score (nSPS) is 11.8. The molecule has 0 saturated heterocycles. The van der Waals surface area contributed by atoms with Gasteiger partial charge in [0.15, 0.2) is 11.5 Å². The Morgan fingerprint density at radius 2 is 2.14 bits per heavy atom. The second-order valence-electron chi connectivity index (χ2n) is 4.99. The summed E-state index contributed by atoms with van der Waals surface area (Å²) in [4.78, 5) is 15.9. The largest absolute Gasteiger partial charge is 0.476 e. The van der Waals surface area contributed by atoms with Gasteiger partial charge in [0.1, 0.15) is 5.65 Å². The number of carbonyl (C=O) groups is 1. The summed E-state index contributed by atoms with van der Waals surface area (Å²) in [5.41, 5.74) is 0.827. The van der Waals surface area contributed by atoms with Crippen LogP contribution < -0.4 is 5.32 Å². The molecule has 0 spiro atoms. The Morgan fingerprint density at radius 3 is 2.71 bits per heavy atom. The van der Waals surface area contributed by atoms with E-state index in [1.165, 1.54) is 0 Å². The summed E-state index contributed by atoms with van der Waals surface area (Å²) >= 11 is 1.81. The van der Waals surface area contributed by atoms with Gasteiger partial charge in [-0.2, -0.15) is 11.8 Å². The van der Waals surface area contributed by atoms with E-state index in [1.807, 2.05) is 17.8 Å². The average Bonchev–Trinajstić information content (AvgIpc) is 2.87. The van der Waals surface area contributed by atoms with Crippen LogP contribution in [0.25, 0.3) is 5.65 Å². The van der Waals surface area contributed by atoms with Crippen molar-refractivity contribution in [1.82, 2.24) is 9.38 Å². The maximum Gasteiger partial charge on any atom is 0.356 e. The van der Waals surface area contributed by atoms with Crippen LogP contribution in [0.5, 0.6) is 0 Å². The number of nitrogens with zero attached hydrogens (tertiary/aromatic N) is 2. The topological polar surface area (TPSA) is 66.6 Å². The molecule has 114 valence electrons. The van der Waals surface area contributed by atoms with E-state index in [1.54, 1.807) is 22.7 Å². The first-order chi connectivity index (χ1) is 10.1. The third kappa shape index (κ3) is 3.00. The van der Waals surface area contributed by atoms with Crippen molar-refractivity contribution < 1.29 is 9.90 Å². The van der Waals surface area contributed by atoms with Crippen LogP contribution in [-0.4, -0.2) is 38.0 Å². The highest BCUT2D eigenvalue weighted by Crippen LogP contribution is 2.31. The predicted octanol–water partition coefficient (Wildman–Crippen LogP) is 3.37.